The minimum Gasteiger partial charge on any atom is -0.482 e. The second kappa shape index (κ2) is 8.28. The molecule has 2 aromatic rings. The van der Waals surface area contributed by atoms with Crippen LogP contribution in [0.1, 0.15) is 16.1 Å². The number of carbonyl (C=O) groups is 1. The summed E-state index contributed by atoms with van der Waals surface area (Å²) < 4.78 is 11.6. The van der Waals surface area contributed by atoms with Gasteiger partial charge in [-0.15, -0.1) is 0 Å². The number of rotatable bonds is 7. The molecule has 0 spiro atoms. The quantitative estimate of drug-likeness (QED) is 0.719. The van der Waals surface area contributed by atoms with Gasteiger partial charge in [-0.25, -0.2) is 4.79 Å². The third-order valence-electron chi connectivity index (χ3n) is 3.35. The van der Waals surface area contributed by atoms with Crippen molar-refractivity contribution in [3.63, 3.8) is 0 Å². The van der Waals surface area contributed by atoms with E-state index in [1.807, 2.05) is 30.3 Å². The average Bonchev–Trinajstić information content (AvgIpc) is 2.61. The standard InChI is InChI=1S/C17H19NO6/c1-23-17(22)15-16(24-11-12-5-3-2-4-6-12)14(21)7-8-18(15)9-13(20)10-19/h2-8,13,19-20H,9-11H2,1H3/t13-/m1/s1. The van der Waals surface area contributed by atoms with Crippen molar-refractivity contribution in [1.29, 1.82) is 0 Å². The Morgan fingerprint density at radius 1 is 1.25 bits per heavy atom. The zero-order chi connectivity index (χ0) is 17.5. The van der Waals surface area contributed by atoms with E-state index in [0.717, 1.165) is 5.56 Å². The van der Waals surface area contributed by atoms with Crippen molar-refractivity contribution in [1.82, 2.24) is 4.57 Å². The molecule has 1 aromatic heterocycles. The lowest BCUT2D eigenvalue weighted by atomic mass is 10.2. The van der Waals surface area contributed by atoms with E-state index < -0.39 is 24.1 Å². The molecule has 7 nitrogen and oxygen atoms in total. The Kier molecular flexibility index (Phi) is 6.11. The van der Waals surface area contributed by atoms with Crippen LogP contribution in [-0.4, -0.2) is 40.6 Å². The van der Waals surface area contributed by atoms with Crippen molar-refractivity contribution < 1.29 is 24.5 Å². The number of hydrogen-bond donors (Lipinski definition) is 2. The lowest BCUT2D eigenvalue weighted by molar-refractivity contribution is 0.0557. The summed E-state index contributed by atoms with van der Waals surface area (Å²) in [7, 11) is 1.19. The first-order chi connectivity index (χ1) is 11.6. The Bertz CT molecular complexity index is 740. The Morgan fingerprint density at radius 3 is 2.58 bits per heavy atom. The van der Waals surface area contributed by atoms with Crippen LogP contribution in [0.2, 0.25) is 0 Å². The number of aliphatic hydroxyl groups excluding tert-OH is 2. The second-order valence-corrected chi connectivity index (χ2v) is 5.11. The zero-order valence-corrected chi connectivity index (χ0v) is 13.2. The minimum atomic E-state index is -1.09. The number of esters is 1. The molecule has 0 bridgehead atoms. The normalized spacial score (nSPS) is 11.8. The third-order valence-corrected chi connectivity index (χ3v) is 3.35. The number of nitrogens with zero attached hydrogens (tertiary/aromatic N) is 1. The maximum absolute atomic E-state index is 12.1. The highest BCUT2D eigenvalue weighted by atomic mass is 16.5. The molecule has 0 unspecified atom stereocenters. The predicted molar refractivity (Wildman–Crippen MR) is 85.9 cm³/mol. The third kappa shape index (κ3) is 4.21. The summed E-state index contributed by atoms with van der Waals surface area (Å²) in [5.41, 5.74) is 0.257. The summed E-state index contributed by atoms with van der Waals surface area (Å²) in [6, 6.07) is 10.4. The van der Waals surface area contributed by atoms with Crippen molar-refractivity contribution in [3.05, 3.63) is 64.1 Å². The topological polar surface area (TPSA) is 98.0 Å². The first-order valence-corrected chi connectivity index (χ1v) is 7.34. The fourth-order valence-corrected chi connectivity index (χ4v) is 2.17. The fourth-order valence-electron chi connectivity index (χ4n) is 2.17. The number of methoxy groups -OCH3 is 1. The maximum Gasteiger partial charge on any atom is 0.358 e. The van der Waals surface area contributed by atoms with Crippen molar-refractivity contribution in [3.8, 4) is 5.75 Å². The molecule has 1 atom stereocenters. The molecule has 0 saturated heterocycles. The molecule has 24 heavy (non-hydrogen) atoms. The highest BCUT2D eigenvalue weighted by molar-refractivity contribution is 5.90. The minimum absolute atomic E-state index is 0.0804. The van der Waals surface area contributed by atoms with Gasteiger partial charge in [0, 0.05) is 12.3 Å². The van der Waals surface area contributed by atoms with Crippen LogP contribution >= 0.6 is 0 Å². The molecular formula is C17H19NO6. The zero-order valence-electron chi connectivity index (χ0n) is 13.2. The van der Waals surface area contributed by atoms with E-state index in [1.165, 1.54) is 23.9 Å². The van der Waals surface area contributed by atoms with Gasteiger partial charge in [-0.05, 0) is 5.56 Å². The van der Waals surface area contributed by atoms with Crippen LogP contribution in [0, 0.1) is 0 Å². The van der Waals surface area contributed by atoms with Crippen molar-refractivity contribution >= 4 is 5.97 Å². The molecule has 1 aromatic carbocycles. The SMILES string of the molecule is COC(=O)c1c(OCc2ccccc2)c(=O)ccn1C[C@@H](O)CO. The van der Waals surface area contributed by atoms with Crippen LogP contribution in [0.5, 0.6) is 5.75 Å². The maximum atomic E-state index is 12.1. The van der Waals surface area contributed by atoms with Gasteiger partial charge in [-0.2, -0.15) is 0 Å². The summed E-state index contributed by atoms with van der Waals surface area (Å²) in [5, 5.41) is 18.6. The number of pyridine rings is 1. The molecule has 0 radical (unpaired) electrons. The number of carbonyl (C=O) groups excluding carboxylic acids is 1. The largest absolute Gasteiger partial charge is 0.482 e. The number of ether oxygens (including phenoxy) is 2. The summed E-state index contributed by atoms with van der Waals surface area (Å²) in [6.07, 6.45) is 0.265. The van der Waals surface area contributed by atoms with Gasteiger partial charge in [0.15, 0.2) is 11.4 Å². The Labute approximate surface area is 138 Å². The molecule has 0 fully saturated rings. The molecule has 0 amide bonds. The number of aromatic nitrogens is 1. The molecule has 0 saturated carbocycles. The van der Waals surface area contributed by atoms with Gasteiger partial charge in [0.05, 0.1) is 26.4 Å². The lowest BCUT2D eigenvalue weighted by Crippen LogP contribution is -2.27. The number of hydrogen-bond acceptors (Lipinski definition) is 6. The van der Waals surface area contributed by atoms with Crippen LogP contribution < -0.4 is 10.2 Å². The molecule has 128 valence electrons. The van der Waals surface area contributed by atoms with Crippen molar-refractivity contribution in [2.75, 3.05) is 13.7 Å². The fraction of sp³-hybridized carbons (Fsp3) is 0.294. The highest BCUT2D eigenvalue weighted by Gasteiger charge is 2.22. The highest BCUT2D eigenvalue weighted by Crippen LogP contribution is 2.17. The Balaban J connectivity index is 2.38. The summed E-state index contributed by atoms with van der Waals surface area (Å²) in [5.74, 6) is -0.917. The number of benzene rings is 1. The second-order valence-electron chi connectivity index (χ2n) is 5.11. The van der Waals surface area contributed by atoms with Gasteiger partial charge in [0.25, 0.3) is 0 Å². The van der Waals surface area contributed by atoms with Crippen LogP contribution in [0.4, 0.5) is 0 Å². The van der Waals surface area contributed by atoms with E-state index in [0.29, 0.717) is 0 Å². The molecule has 7 heteroatoms. The van der Waals surface area contributed by atoms with E-state index in [4.69, 9.17) is 14.6 Å². The first kappa shape index (κ1) is 17.7. The van der Waals surface area contributed by atoms with Crippen molar-refractivity contribution in [2.24, 2.45) is 0 Å². The Hall–Kier alpha value is -2.64. The molecule has 0 aliphatic carbocycles. The first-order valence-electron chi connectivity index (χ1n) is 7.34. The monoisotopic (exact) mass is 333 g/mol. The van der Waals surface area contributed by atoms with Crippen LogP contribution in [-0.2, 0) is 17.9 Å². The summed E-state index contributed by atoms with van der Waals surface area (Å²) in [6.45, 7) is -0.456. The smallest absolute Gasteiger partial charge is 0.358 e. The van der Waals surface area contributed by atoms with Gasteiger partial charge in [0.2, 0.25) is 5.43 Å². The number of aliphatic hydroxyl groups is 2. The molecular weight excluding hydrogens is 314 g/mol. The molecule has 2 N–H and O–H groups in total. The van der Waals surface area contributed by atoms with Crippen LogP contribution in [0.25, 0.3) is 0 Å². The summed E-state index contributed by atoms with van der Waals surface area (Å²) >= 11 is 0. The average molecular weight is 333 g/mol. The summed E-state index contributed by atoms with van der Waals surface area (Å²) in [4.78, 5) is 24.2. The van der Waals surface area contributed by atoms with E-state index in [9.17, 15) is 14.7 Å². The lowest BCUT2D eigenvalue weighted by Gasteiger charge is -2.17. The van der Waals surface area contributed by atoms with E-state index in [1.54, 1.807) is 0 Å². The van der Waals surface area contributed by atoms with Crippen LogP contribution in [0.15, 0.2) is 47.4 Å². The van der Waals surface area contributed by atoms with Gasteiger partial charge >= 0.3 is 5.97 Å². The molecule has 0 aliphatic heterocycles. The van der Waals surface area contributed by atoms with Crippen LogP contribution in [0.3, 0.4) is 0 Å². The molecule has 1 heterocycles. The Morgan fingerprint density at radius 2 is 1.96 bits per heavy atom. The molecule has 2 rings (SSSR count). The molecule has 0 aliphatic rings. The van der Waals surface area contributed by atoms with E-state index >= 15 is 0 Å². The van der Waals surface area contributed by atoms with E-state index in [-0.39, 0.29) is 24.6 Å². The van der Waals surface area contributed by atoms with Gasteiger partial charge in [-0.3, -0.25) is 4.79 Å². The predicted octanol–water partition coefficient (Wildman–Crippen LogP) is 0.567. The van der Waals surface area contributed by atoms with Crippen molar-refractivity contribution in [2.45, 2.75) is 19.3 Å². The van der Waals surface area contributed by atoms with E-state index in [2.05, 4.69) is 0 Å². The van der Waals surface area contributed by atoms with Gasteiger partial charge in [-0.1, -0.05) is 30.3 Å². The van der Waals surface area contributed by atoms with Gasteiger partial charge in [0.1, 0.15) is 6.61 Å². The van der Waals surface area contributed by atoms with Gasteiger partial charge < -0.3 is 24.3 Å².